The van der Waals surface area contributed by atoms with Gasteiger partial charge < -0.3 is 4.90 Å². The van der Waals surface area contributed by atoms with E-state index in [9.17, 15) is 0 Å². The number of piperidine rings is 2. The maximum atomic E-state index is 2.79. The first-order valence-corrected chi connectivity index (χ1v) is 11.7. The Balaban J connectivity index is 0.000000190. The Kier molecular flexibility index (Phi) is 8.47. The van der Waals surface area contributed by atoms with Crippen molar-refractivity contribution in [2.75, 3.05) is 13.1 Å². The molecule has 3 saturated heterocycles. The van der Waals surface area contributed by atoms with Crippen molar-refractivity contribution in [3.63, 3.8) is 0 Å². The minimum Gasteiger partial charge on any atom is -0.301 e. The van der Waals surface area contributed by atoms with Gasteiger partial charge in [0.15, 0.2) is 0 Å². The Morgan fingerprint density at radius 1 is 0.577 bits per heavy atom. The van der Waals surface area contributed by atoms with Gasteiger partial charge in [-0.25, -0.2) is 0 Å². The van der Waals surface area contributed by atoms with E-state index in [4.69, 9.17) is 0 Å². The number of nitrogens with zero attached hydrogens (tertiary/aromatic N) is 2. The molecule has 0 saturated carbocycles. The molecule has 0 spiro atoms. The van der Waals surface area contributed by atoms with Crippen LogP contribution in [-0.4, -0.2) is 47.1 Å². The molecule has 3 rings (SSSR count). The minimum atomic E-state index is 0.748. The number of hydrogen-bond acceptors (Lipinski definition) is 2. The second-order valence-electron chi connectivity index (χ2n) is 10.6. The Labute approximate surface area is 165 Å². The summed E-state index contributed by atoms with van der Waals surface area (Å²) in [6.45, 7) is 21.5. The van der Waals surface area contributed by atoms with E-state index in [0.29, 0.717) is 0 Å². The normalized spacial score (nSPS) is 31.2. The molecule has 2 heteroatoms. The maximum Gasteiger partial charge on any atom is 0.0104 e. The Bertz CT molecular complexity index is 363. The molecular formula is C24H48N2. The first-order chi connectivity index (χ1) is 12.2. The summed E-state index contributed by atoms with van der Waals surface area (Å²) in [7, 11) is 0. The number of likely N-dealkylation sites (tertiary alicyclic amines) is 1. The molecule has 3 atom stereocenters. The lowest BCUT2D eigenvalue weighted by Crippen LogP contribution is -2.47. The molecule has 26 heavy (non-hydrogen) atoms. The molecule has 2 nitrogen and oxygen atoms in total. The van der Waals surface area contributed by atoms with E-state index in [1.165, 1.54) is 51.6 Å². The highest BCUT2D eigenvalue weighted by atomic mass is 15.2. The highest BCUT2D eigenvalue weighted by Gasteiger charge is 2.42. The summed E-state index contributed by atoms with van der Waals surface area (Å²) < 4.78 is 0. The van der Waals surface area contributed by atoms with E-state index in [0.717, 1.165) is 47.8 Å². The summed E-state index contributed by atoms with van der Waals surface area (Å²) in [5, 5.41) is 0. The van der Waals surface area contributed by atoms with Crippen LogP contribution >= 0.6 is 0 Å². The zero-order valence-electron chi connectivity index (χ0n) is 19.2. The third-order valence-electron chi connectivity index (χ3n) is 7.61. The third-order valence-corrected chi connectivity index (χ3v) is 7.61. The van der Waals surface area contributed by atoms with Crippen molar-refractivity contribution < 1.29 is 0 Å². The average Bonchev–Trinajstić information content (AvgIpc) is 2.86. The Morgan fingerprint density at radius 3 is 1.38 bits per heavy atom. The SMILES string of the molecule is CC(C)C1CCN(C(C)C)CC1.CC(C)C1C[C@H]2CC[C@@H](C1)N2C(C)C. The van der Waals surface area contributed by atoms with Crippen LogP contribution in [-0.2, 0) is 0 Å². The van der Waals surface area contributed by atoms with Crippen LogP contribution in [0.4, 0.5) is 0 Å². The van der Waals surface area contributed by atoms with Gasteiger partial charge in [0.05, 0.1) is 0 Å². The zero-order valence-corrected chi connectivity index (χ0v) is 19.2. The molecule has 0 aromatic rings. The molecule has 3 aliphatic heterocycles. The lowest BCUT2D eigenvalue weighted by Gasteiger charge is -2.42. The lowest BCUT2D eigenvalue weighted by atomic mass is 9.82. The van der Waals surface area contributed by atoms with Crippen LogP contribution < -0.4 is 0 Å². The van der Waals surface area contributed by atoms with E-state index in [1.54, 1.807) is 0 Å². The first-order valence-electron chi connectivity index (χ1n) is 11.7. The molecule has 0 aromatic carbocycles. The molecule has 0 aliphatic carbocycles. The molecule has 2 bridgehead atoms. The van der Waals surface area contributed by atoms with Crippen LogP contribution in [0.3, 0.4) is 0 Å². The van der Waals surface area contributed by atoms with Gasteiger partial charge in [-0.3, -0.25) is 4.90 Å². The van der Waals surface area contributed by atoms with E-state index in [2.05, 4.69) is 65.2 Å². The van der Waals surface area contributed by atoms with E-state index in [1.807, 2.05) is 0 Å². The van der Waals surface area contributed by atoms with Crippen molar-refractivity contribution in [1.29, 1.82) is 0 Å². The Morgan fingerprint density at radius 2 is 1.04 bits per heavy atom. The van der Waals surface area contributed by atoms with Crippen LogP contribution in [0.15, 0.2) is 0 Å². The van der Waals surface area contributed by atoms with Crippen molar-refractivity contribution >= 4 is 0 Å². The van der Waals surface area contributed by atoms with Gasteiger partial charge in [-0.05, 0) is 103 Å². The third kappa shape index (κ3) is 5.71. The molecule has 0 aromatic heterocycles. The Hall–Kier alpha value is -0.0800. The highest BCUT2D eigenvalue weighted by Crippen LogP contribution is 2.42. The summed E-state index contributed by atoms with van der Waals surface area (Å²) in [6.07, 6.45) is 8.68. The fourth-order valence-electron chi connectivity index (χ4n) is 5.75. The van der Waals surface area contributed by atoms with Gasteiger partial charge in [-0.15, -0.1) is 0 Å². The summed E-state index contributed by atoms with van der Waals surface area (Å²) in [6, 6.07) is 3.35. The van der Waals surface area contributed by atoms with Gasteiger partial charge in [0, 0.05) is 24.2 Å². The molecule has 1 unspecified atom stereocenters. The van der Waals surface area contributed by atoms with Crippen LogP contribution in [0.1, 0.15) is 93.9 Å². The smallest absolute Gasteiger partial charge is 0.0104 e. The second kappa shape index (κ2) is 9.92. The molecule has 0 radical (unpaired) electrons. The van der Waals surface area contributed by atoms with E-state index >= 15 is 0 Å². The predicted molar refractivity (Wildman–Crippen MR) is 116 cm³/mol. The fourth-order valence-corrected chi connectivity index (χ4v) is 5.75. The second-order valence-corrected chi connectivity index (χ2v) is 10.6. The summed E-state index contributed by atoms with van der Waals surface area (Å²) in [4.78, 5) is 5.39. The molecule has 0 amide bonds. The number of rotatable bonds is 4. The number of hydrogen-bond donors (Lipinski definition) is 0. The minimum absolute atomic E-state index is 0.748. The quantitative estimate of drug-likeness (QED) is 0.598. The summed E-state index contributed by atoms with van der Waals surface area (Å²) >= 11 is 0. The highest BCUT2D eigenvalue weighted by molar-refractivity contribution is 4.96. The number of fused-ring (bicyclic) bond motifs is 2. The zero-order chi connectivity index (χ0) is 19.4. The molecule has 3 heterocycles. The monoisotopic (exact) mass is 364 g/mol. The van der Waals surface area contributed by atoms with Gasteiger partial charge in [0.1, 0.15) is 0 Å². The first kappa shape index (κ1) is 22.2. The molecular weight excluding hydrogens is 316 g/mol. The molecule has 3 fully saturated rings. The van der Waals surface area contributed by atoms with Crippen molar-refractivity contribution in [2.24, 2.45) is 23.7 Å². The van der Waals surface area contributed by atoms with Crippen LogP contribution in [0, 0.1) is 23.7 Å². The van der Waals surface area contributed by atoms with E-state index in [-0.39, 0.29) is 0 Å². The molecule has 0 N–H and O–H groups in total. The topological polar surface area (TPSA) is 6.48 Å². The van der Waals surface area contributed by atoms with Crippen LogP contribution in [0.25, 0.3) is 0 Å². The van der Waals surface area contributed by atoms with Gasteiger partial charge in [0.25, 0.3) is 0 Å². The van der Waals surface area contributed by atoms with Crippen molar-refractivity contribution in [1.82, 2.24) is 9.80 Å². The van der Waals surface area contributed by atoms with Gasteiger partial charge in [0.2, 0.25) is 0 Å². The predicted octanol–water partition coefficient (Wildman–Crippen LogP) is 6.06. The lowest BCUT2D eigenvalue weighted by molar-refractivity contribution is 0.0588. The molecule has 154 valence electrons. The van der Waals surface area contributed by atoms with Gasteiger partial charge >= 0.3 is 0 Å². The van der Waals surface area contributed by atoms with Crippen molar-refractivity contribution in [2.45, 2.75) is 118 Å². The standard InChI is InChI=1S/C13H25N.C11H23N/c1-9(2)11-7-12-5-6-13(8-11)14(12)10(3)4;1-9(2)11-5-7-12(8-6-11)10(3)4/h9-13H,5-8H2,1-4H3;9-11H,5-8H2,1-4H3/t11?,12-,13+;. The van der Waals surface area contributed by atoms with Gasteiger partial charge in [-0.1, -0.05) is 27.7 Å². The van der Waals surface area contributed by atoms with Crippen molar-refractivity contribution in [3.8, 4) is 0 Å². The van der Waals surface area contributed by atoms with Crippen LogP contribution in [0.2, 0.25) is 0 Å². The summed E-state index contributed by atoms with van der Waals surface area (Å²) in [5.74, 6) is 3.77. The maximum absolute atomic E-state index is 2.79. The largest absolute Gasteiger partial charge is 0.301 e. The van der Waals surface area contributed by atoms with Crippen molar-refractivity contribution in [3.05, 3.63) is 0 Å². The van der Waals surface area contributed by atoms with Crippen LogP contribution in [0.5, 0.6) is 0 Å². The average molecular weight is 365 g/mol. The summed E-state index contributed by atoms with van der Waals surface area (Å²) in [5.41, 5.74) is 0. The molecule has 3 aliphatic rings. The van der Waals surface area contributed by atoms with Gasteiger partial charge in [-0.2, -0.15) is 0 Å². The van der Waals surface area contributed by atoms with E-state index < -0.39 is 0 Å². The fraction of sp³-hybridized carbons (Fsp3) is 1.00.